The quantitative estimate of drug-likeness (QED) is 0.580. The molecule has 0 aliphatic carbocycles. The van der Waals surface area contributed by atoms with Gasteiger partial charge in [-0.05, 0) is 43.9 Å². The summed E-state index contributed by atoms with van der Waals surface area (Å²) in [4.78, 5) is 40.8. The summed E-state index contributed by atoms with van der Waals surface area (Å²) in [5.74, 6) is -1.27. The lowest BCUT2D eigenvalue weighted by Gasteiger charge is -2.33. The monoisotopic (exact) mass is 489 g/mol. The molecule has 12 heteroatoms. The van der Waals surface area contributed by atoms with Crippen LogP contribution in [0.5, 0.6) is 0 Å². The Hall–Kier alpha value is -1.95. The zero-order valence-electron chi connectivity index (χ0n) is 17.0. The van der Waals surface area contributed by atoms with E-state index >= 15 is 0 Å². The number of thiophene rings is 1. The number of ether oxygens (including phenoxy) is 1. The van der Waals surface area contributed by atoms with E-state index in [1.807, 2.05) is 0 Å². The Balaban J connectivity index is 1.61. The first-order valence-corrected chi connectivity index (χ1v) is 12.6. The number of sulfonamides is 1. The van der Waals surface area contributed by atoms with Crippen molar-refractivity contribution in [3.05, 3.63) is 26.8 Å². The second-order valence-corrected chi connectivity index (χ2v) is 10.7. The molecule has 2 atom stereocenters. The van der Waals surface area contributed by atoms with E-state index in [0.29, 0.717) is 48.0 Å². The molecule has 31 heavy (non-hydrogen) atoms. The molecule has 0 saturated carbocycles. The second kappa shape index (κ2) is 10.1. The van der Waals surface area contributed by atoms with E-state index in [1.165, 1.54) is 34.3 Å². The van der Waals surface area contributed by atoms with Gasteiger partial charge in [-0.2, -0.15) is 4.72 Å². The highest BCUT2D eigenvalue weighted by Crippen LogP contribution is 2.23. The van der Waals surface area contributed by atoms with Crippen LogP contribution in [0.25, 0.3) is 6.08 Å². The van der Waals surface area contributed by atoms with Gasteiger partial charge in [0.05, 0.1) is 18.0 Å². The van der Waals surface area contributed by atoms with E-state index < -0.39 is 34.0 Å². The van der Waals surface area contributed by atoms with Gasteiger partial charge in [-0.1, -0.05) is 11.6 Å². The molecule has 0 spiro atoms. The number of carbonyl (C=O) groups is 3. The Morgan fingerprint density at radius 3 is 2.71 bits per heavy atom. The van der Waals surface area contributed by atoms with Gasteiger partial charge in [0, 0.05) is 23.4 Å². The summed E-state index contributed by atoms with van der Waals surface area (Å²) < 4.78 is 32.5. The maximum absolute atomic E-state index is 12.8. The number of methoxy groups -OCH3 is 1. The van der Waals surface area contributed by atoms with Gasteiger partial charge in [-0.25, -0.2) is 13.2 Å². The van der Waals surface area contributed by atoms with Gasteiger partial charge < -0.3 is 14.5 Å². The number of nitrogens with one attached hydrogen (secondary N) is 1. The predicted octanol–water partition coefficient (Wildman–Crippen LogP) is 1.45. The summed E-state index contributed by atoms with van der Waals surface area (Å²) in [6.07, 6.45) is 3.51. The van der Waals surface area contributed by atoms with Crippen molar-refractivity contribution in [1.82, 2.24) is 14.5 Å². The van der Waals surface area contributed by atoms with Crippen molar-refractivity contribution < 1.29 is 27.5 Å². The van der Waals surface area contributed by atoms with Crippen molar-refractivity contribution in [3.63, 3.8) is 0 Å². The molecule has 9 nitrogen and oxygen atoms in total. The zero-order valence-corrected chi connectivity index (χ0v) is 19.3. The molecule has 0 radical (unpaired) electrons. The molecule has 2 saturated heterocycles. The molecule has 0 aromatic carbocycles. The lowest BCUT2D eigenvalue weighted by Crippen LogP contribution is -2.55. The van der Waals surface area contributed by atoms with Gasteiger partial charge in [0.15, 0.2) is 0 Å². The van der Waals surface area contributed by atoms with Gasteiger partial charge >= 0.3 is 5.97 Å². The highest BCUT2D eigenvalue weighted by Gasteiger charge is 2.38. The fourth-order valence-electron chi connectivity index (χ4n) is 3.72. The summed E-state index contributed by atoms with van der Waals surface area (Å²) in [6.45, 7) is 0.575. The van der Waals surface area contributed by atoms with Crippen LogP contribution < -0.4 is 4.72 Å². The molecule has 2 fully saturated rings. The maximum atomic E-state index is 12.8. The van der Waals surface area contributed by atoms with E-state index in [4.69, 9.17) is 16.3 Å². The second-order valence-electron chi connectivity index (χ2n) is 7.33. The number of esters is 1. The predicted molar refractivity (Wildman–Crippen MR) is 117 cm³/mol. The average Bonchev–Trinajstić information content (AvgIpc) is 3.38. The van der Waals surface area contributed by atoms with Crippen molar-refractivity contribution in [3.8, 4) is 0 Å². The van der Waals surface area contributed by atoms with Gasteiger partial charge in [0.2, 0.25) is 21.8 Å². The van der Waals surface area contributed by atoms with Gasteiger partial charge in [0.1, 0.15) is 12.1 Å². The molecule has 1 aromatic rings. The number of hydrogen-bond acceptors (Lipinski definition) is 7. The van der Waals surface area contributed by atoms with Crippen LogP contribution >= 0.6 is 22.9 Å². The molecule has 2 amide bonds. The number of hydrogen-bond donors (Lipinski definition) is 1. The molecule has 3 rings (SSSR count). The third kappa shape index (κ3) is 6.06. The first kappa shape index (κ1) is 23.7. The molecule has 1 aromatic heterocycles. The molecule has 2 aliphatic rings. The number of rotatable bonds is 7. The van der Waals surface area contributed by atoms with Crippen molar-refractivity contribution >= 4 is 56.8 Å². The van der Waals surface area contributed by atoms with E-state index in [1.54, 1.807) is 12.1 Å². The van der Waals surface area contributed by atoms with Gasteiger partial charge in [0.25, 0.3) is 0 Å². The van der Waals surface area contributed by atoms with Crippen LogP contribution in [0.15, 0.2) is 17.5 Å². The standard InChI is InChI=1S/C19H24ClN3O6S2/c1-29-19(26)15-5-3-10-23(15)17(24)12-22-9-2-4-14(18(22)25)21-31(27,28)11-8-13-6-7-16(20)30-13/h6-8,11,14-15,21H,2-5,9-10,12H2,1H3/b11-8+/t14-,15?/m0/s1. The minimum absolute atomic E-state index is 0.200. The Kier molecular flexibility index (Phi) is 7.73. The highest BCUT2D eigenvalue weighted by molar-refractivity contribution is 7.92. The third-order valence-electron chi connectivity index (χ3n) is 5.22. The Labute approximate surface area is 190 Å². The lowest BCUT2D eigenvalue weighted by molar-refractivity contribution is -0.152. The Bertz CT molecular complexity index is 977. The first-order chi connectivity index (χ1) is 14.7. The molecule has 170 valence electrons. The van der Waals surface area contributed by atoms with Crippen molar-refractivity contribution in [2.24, 2.45) is 0 Å². The summed E-state index contributed by atoms with van der Waals surface area (Å²) in [5.41, 5.74) is 0. The van der Waals surface area contributed by atoms with Crippen LogP contribution in [-0.2, 0) is 29.1 Å². The fraction of sp³-hybridized carbons (Fsp3) is 0.526. The smallest absolute Gasteiger partial charge is 0.328 e. The molecule has 1 unspecified atom stereocenters. The highest BCUT2D eigenvalue weighted by atomic mass is 35.5. The van der Waals surface area contributed by atoms with Crippen LogP contribution in [0.4, 0.5) is 0 Å². The largest absolute Gasteiger partial charge is 0.467 e. The first-order valence-electron chi connectivity index (χ1n) is 9.82. The van der Waals surface area contributed by atoms with Crippen molar-refractivity contribution in [2.45, 2.75) is 37.8 Å². The molecule has 0 bridgehead atoms. The minimum Gasteiger partial charge on any atom is -0.467 e. The number of piperidine rings is 1. The van der Waals surface area contributed by atoms with E-state index in [9.17, 15) is 22.8 Å². The van der Waals surface area contributed by atoms with Crippen molar-refractivity contribution in [1.29, 1.82) is 0 Å². The number of carbonyl (C=O) groups excluding carboxylic acids is 3. The van der Waals surface area contributed by atoms with Crippen LogP contribution in [0.2, 0.25) is 4.34 Å². The summed E-state index contributed by atoms with van der Waals surface area (Å²) in [5, 5.41) is 0.998. The van der Waals surface area contributed by atoms with Crippen LogP contribution in [0.1, 0.15) is 30.6 Å². The van der Waals surface area contributed by atoms with E-state index in [0.717, 1.165) is 5.41 Å². The summed E-state index contributed by atoms with van der Waals surface area (Å²) in [7, 11) is -2.59. The number of halogens is 1. The number of nitrogens with zero attached hydrogens (tertiary/aromatic N) is 2. The average molecular weight is 490 g/mol. The normalized spacial score (nSPS) is 22.3. The maximum Gasteiger partial charge on any atom is 0.328 e. The zero-order chi connectivity index (χ0) is 22.6. The molecule has 3 heterocycles. The topological polar surface area (TPSA) is 113 Å². The van der Waals surface area contributed by atoms with E-state index in [2.05, 4.69) is 4.72 Å². The SMILES string of the molecule is COC(=O)C1CCCN1C(=O)CN1CCC[C@H](NS(=O)(=O)/C=C/c2ccc(Cl)s2)C1=O. The Morgan fingerprint density at radius 1 is 1.29 bits per heavy atom. The number of likely N-dealkylation sites (tertiary alicyclic amines) is 2. The third-order valence-corrected chi connectivity index (χ3v) is 7.52. The lowest BCUT2D eigenvalue weighted by atomic mass is 10.1. The minimum atomic E-state index is -3.87. The molecular weight excluding hydrogens is 466 g/mol. The molecule has 1 N–H and O–H groups in total. The Morgan fingerprint density at radius 2 is 2.03 bits per heavy atom. The molecular formula is C19H24ClN3O6S2. The van der Waals surface area contributed by atoms with Gasteiger partial charge in [-0.15, -0.1) is 11.3 Å². The van der Waals surface area contributed by atoms with Crippen LogP contribution in [-0.4, -0.2) is 74.8 Å². The van der Waals surface area contributed by atoms with Crippen molar-refractivity contribution in [2.75, 3.05) is 26.7 Å². The van der Waals surface area contributed by atoms with Crippen LogP contribution in [0, 0.1) is 0 Å². The van der Waals surface area contributed by atoms with Gasteiger partial charge in [-0.3, -0.25) is 9.59 Å². The van der Waals surface area contributed by atoms with E-state index in [-0.39, 0.29) is 12.5 Å². The van der Waals surface area contributed by atoms with Crippen LogP contribution in [0.3, 0.4) is 0 Å². The molecule has 2 aliphatic heterocycles. The fourth-order valence-corrected chi connectivity index (χ4v) is 5.79. The number of amides is 2. The summed E-state index contributed by atoms with van der Waals surface area (Å²) >= 11 is 7.07. The summed E-state index contributed by atoms with van der Waals surface area (Å²) in [6, 6.07) is 1.77.